The number of carbonyl (C=O) groups is 1. The van der Waals surface area contributed by atoms with Crippen LogP contribution in [0.5, 0.6) is 0 Å². The van der Waals surface area contributed by atoms with E-state index >= 15 is 0 Å². The van der Waals surface area contributed by atoms with Crippen LogP contribution in [0.1, 0.15) is 32.3 Å². The van der Waals surface area contributed by atoms with Gasteiger partial charge in [0.05, 0.1) is 29.3 Å². The predicted molar refractivity (Wildman–Crippen MR) is 118 cm³/mol. The van der Waals surface area contributed by atoms with Gasteiger partial charge in [-0.3, -0.25) is 14.2 Å². The third-order valence-corrected chi connectivity index (χ3v) is 5.44. The molecule has 152 valence electrons. The largest absolute Gasteiger partial charge is 0.392 e. The van der Waals surface area contributed by atoms with Crippen molar-refractivity contribution in [3.63, 3.8) is 0 Å². The molecule has 2 N–H and O–H groups in total. The predicted octanol–water partition coefficient (Wildman–Crippen LogP) is 3.63. The zero-order chi connectivity index (χ0) is 21.0. The molecule has 3 aromatic rings. The van der Waals surface area contributed by atoms with Crippen LogP contribution in [0.4, 0.5) is 5.69 Å². The van der Waals surface area contributed by atoms with Crippen LogP contribution in [0.2, 0.25) is 0 Å². The summed E-state index contributed by atoms with van der Waals surface area (Å²) in [6.07, 6.45) is -0.705. The average Bonchev–Trinajstić information content (AvgIpc) is 2.69. The number of aromatic nitrogens is 2. The second-order valence-electron chi connectivity index (χ2n) is 7.29. The molecule has 0 aliphatic heterocycles. The fourth-order valence-corrected chi connectivity index (χ4v) is 3.77. The van der Waals surface area contributed by atoms with Crippen LogP contribution in [-0.4, -0.2) is 32.4 Å². The highest BCUT2D eigenvalue weighted by molar-refractivity contribution is 7.99. The zero-order valence-corrected chi connectivity index (χ0v) is 17.6. The minimum absolute atomic E-state index is 0.108. The SMILES string of the molecule is CC(C)c1ccc(NC(=O)CSc2nc3ccccc3c(=O)n2C[C@@H](C)O)cc1. The second-order valence-corrected chi connectivity index (χ2v) is 8.23. The van der Waals surface area contributed by atoms with Crippen molar-refractivity contribution in [3.8, 4) is 0 Å². The van der Waals surface area contributed by atoms with Gasteiger partial charge in [-0.05, 0) is 42.7 Å². The summed E-state index contributed by atoms with van der Waals surface area (Å²) in [6, 6.07) is 14.8. The Kier molecular flexibility index (Phi) is 6.71. The van der Waals surface area contributed by atoms with Gasteiger partial charge in [-0.1, -0.05) is 49.9 Å². The summed E-state index contributed by atoms with van der Waals surface area (Å²) in [6.45, 7) is 5.97. The normalized spacial score (nSPS) is 12.3. The van der Waals surface area contributed by atoms with Gasteiger partial charge in [0.2, 0.25) is 5.91 Å². The van der Waals surface area contributed by atoms with Crippen molar-refractivity contribution in [2.45, 2.75) is 44.5 Å². The number of nitrogens with one attached hydrogen (secondary N) is 1. The number of carbonyl (C=O) groups excluding carboxylic acids is 1. The number of anilines is 1. The number of benzene rings is 2. The Labute approximate surface area is 174 Å². The molecule has 0 unspecified atom stereocenters. The molecule has 3 rings (SSSR count). The molecular formula is C22H25N3O3S. The summed E-state index contributed by atoms with van der Waals surface area (Å²) < 4.78 is 1.43. The lowest BCUT2D eigenvalue weighted by atomic mass is 10.0. The van der Waals surface area contributed by atoms with Crippen LogP contribution < -0.4 is 10.9 Å². The van der Waals surface area contributed by atoms with Gasteiger partial charge < -0.3 is 10.4 Å². The average molecular weight is 412 g/mol. The molecule has 0 fully saturated rings. The molecule has 0 bridgehead atoms. The van der Waals surface area contributed by atoms with Crippen LogP contribution in [0.15, 0.2) is 58.5 Å². The Hall–Kier alpha value is -2.64. The molecule has 0 aliphatic rings. The van der Waals surface area contributed by atoms with E-state index in [4.69, 9.17) is 0 Å². The van der Waals surface area contributed by atoms with E-state index in [1.54, 1.807) is 25.1 Å². The second kappa shape index (κ2) is 9.24. The molecule has 29 heavy (non-hydrogen) atoms. The van der Waals surface area contributed by atoms with Gasteiger partial charge in [0, 0.05) is 5.69 Å². The molecule has 2 aromatic carbocycles. The molecule has 0 spiro atoms. The van der Waals surface area contributed by atoms with Crippen LogP contribution in [0.25, 0.3) is 10.9 Å². The number of hydrogen-bond donors (Lipinski definition) is 2. The topological polar surface area (TPSA) is 84.2 Å². The quantitative estimate of drug-likeness (QED) is 0.458. The molecule has 0 aliphatic carbocycles. The number of para-hydroxylation sites is 1. The number of fused-ring (bicyclic) bond motifs is 1. The van der Waals surface area contributed by atoms with Gasteiger partial charge in [0.1, 0.15) is 0 Å². The summed E-state index contributed by atoms with van der Waals surface area (Å²) in [4.78, 5) is 29.7. The van der Waals surface area contributed by atoms with E-state index < -0.39 is 6.10 Å². The summed E-state index contributed by atoms with van der Waals surface area (Å²) in [7, 11) is 0. The van der Waals surface area contributed by atoms with E-state index in [1.165, 1.54) is 21.9 Å². The molecule has 7 heteroatoms. The van der Waals surface area contributed by atoms with Crippen molar-refractivity contribution in [3.05, 3.63) is 64.4 Å². The fourth-order valence-electron chi connectivity index (χ4n) is 2.96. The van der Waals surface area contributed by atoms with Crippen LogP contribution >= 0.6 is 11.8 Å². The summed E-state index contributed by atoms with van der Waals surface area (Å²) in [5, 5.41) is 13.6. The van der Waals surface area contributed by atoms with Gasteiger partial charge in [-0.25, -0.2) is 4.98 Å². The van der Waals surface area contributed by atoms with Gasteiger partial charge in [-0.15, -0.1) is 0 Å². The molecule has 1 heterocycles. The van der Waals surface area contributed by atoms with Crippen molar-refractivity contribution < 1.29 is 9.90 Å². The smallest absolute Gasteiger partial charge is 0.262 e. The number of rotatable bonds is 7. The fraction of sp³-hybridized carbons (Fsp3) is 0.318. The van der Waals surface area contributed by atoms with Crippen molar-refractivity contribution in [1.82, 2.24) is 9.55 Å². The van der Waals surface area contributed by atoms with E-state index in [2.05, 4.69) is 24.1 Å². The Bertz CT molecular complexity index is 1060. The number of aliphatic hydroxyl groups is 1. The standard InChI is InChI=1S/C22H25N3O3S/c1-14(2)16-8-10-17(11-9-16)23-20(27)13-29-22-24-19-7-5-4-6-18(19)21(28)25(22)12-15(3)26/h4-11,14-15,26H,12-13H2,1-3H3,(H,23,27)/t15-/m1/s1. The molecular weight excluding hydrogens is 386 g/mol. The minimum Gasteiger partial charge on any atom is -0.392 e. The van der Waals surface area contributed by atoms with Gasteiger partial charge in [0.25, 0.3) is 5.56 Å². The van der Waals surface area contributed by atoms with Crippen molar-refractivity contribution in [2.75, 3.05) is 11.1 Å². The van der Waals surface area contributed by atoms with Gasteiger partial charge >= 0.3 is 0 Å². The number of thioether (sulfide) groups is 1. The van der Waals surface area contributed by atoms with E-state index in [1.807, 2.05) is 30.3 Å². The Morgan fingerprint density at radius 3 is 2.48 bits per heavy atom. The van der Waals surface area contributed by atoms with Crippen LogP contribution in [0, 0.1) is 0 Å². The Morgan fingerprint density at radius 1 is 1.14 bits per heavy atom. The number of aliphatic hydroxyl groups excluding tert-OH is 1. The Balaban J connectivity index is 1.76. The van der Waals surface area contributed by atoms with E-state index in [0.717, 1.165) is 5.69 Å². The first kappa shape index (κ1) is 21.1. The number of amides is 1. The van der Waals surface area contributed by atoms with Crippen LogP contribution in [0.3, 0.4) is 0 Å². The third kappa shape index (κ3) is 5.25. The van der Waals surface area contributed by atoms with Crippen molar-refractivity contribution in [2.24, 2.45) is 0 Å². The monoisotopic (exact) mass is 411 g/mol. The van der Waals surface area contributed by atoms with Crippen molar-refractivity contribution >= 4 is 34.3 Å². The van der Waals surface area contributed by atoms with E-state index in [9.17, 15) is 14.7 Å². The van der Waals surface area contributed by atoms with E-state index in [0.29, 0.717) is 22.0 Å². The van der Waals surface area contributed by atoms with E-state index in [-0.39, 0.29) is 23.8 Å². The summed E-state index contributed by atoms with van der Waals surface area (Å²) in [5.41, 5.74) is 2.29. The molecule has 1 aromatic heterocycles. The molecule has 6 nitrogen and oxygen atoms in total. The number of hydrogen-bond acceptors (Lipinski definition) is 5. The number of nitrogens with zero attached hydrogens (tertiary/aromatic N) is 2. The maximum atomic E-state index is 12.8. The summed E-state index contributed by atoms with van der Waals surface area (Å²) in [5.74, 6) is 0.356. The first-order valence-electron chi connectivity index (χ1n) is 9.55. The first-order chi connectivity index (χ1) is 13.8. The molecule has 1 amide bonds. The maximum absolute atomic E-state index is 12.8. The van der Waals surface area contributed by atoms with Crippen LogP contribution in [-0.2, 0) is 11.3 Å². The molecule has 0 saturated heterocycles. The van der Waals surface area contributed by atoms with Gasteiger partial charge in [0.15, 0.2) is 5.16 Å². The molecule has 0 saturated carbocycles. The van der Waals surface area contributed by atoms with Crippen molar-refractivity contribution in [1.29, 1.82) is 0 Å². The lowest BCUT2D eigenvalue weighted by molar-refractivity contribution is -0.113. The summed E-state index contributed by atoms with van der Waals surface area (Å²) >= 11 is 1.18. The lowest BCUT2D eigenvalue weighted by Gasteiger charge is -2.14. The molecule has 0 radical (unpaired) electrons. The highest BCUT2D eigenvalue weighted by Gasteiger charge is 2.14. The maximum Gasteiger partial charge on any atom is 0.262 e. The zero-order valence-electron chi connectivity index (χ0n) is 16.8. The Morgan fingerprint density at radius 2 is 1.83 bits per heavy atom. The highest BCUT2D eigenvalue weighted by Crippen LogP contribution is 2.20. The van der Waals surface area contributed by atoms with Gasteiger partial charge in [-0.2, -0.15) is 0 Å². The first-order valence-corrected chi connectivity index (χ1v) is 10.5. The third-order valence-electron chi connectivity index (χ3n) is 4.47. The lowest BCUT2D eigenvalue weighted by Crippen LogP contribution is -2.28. The highest BCUT2D eigenvalue weighted by atomic mass is 32.2. The molecule has 1 atom stereocenters. The minimum atomic E-state index is -0.705.